The van der Waals surface area contributed by atoms with Crippen molar-refractivity contribution in [1.82, 2.24) is 4.90 Å². The van der Waals surface area contributed by atoms with Crippen LogP contribution in [0.2, 0.25) is 0 Å². The summed E-state index contributed by atoms with van der Waals surface area (Å²) in [4.78, 5) is 12.7. The van der Waals surface area contributed by atoms with Crippen LogP contribution in [-0.4, -0.2) is 32.8 Å². The van der Waals surface area contributed by atoms with Gasteiger partial charge >= 0.3 is 0 Å². The quantitative estimate of drug-likeness (QED) is 0.897. The van der Waals surface area contributed by atoms with Crippen LogP contribution in [0.25, 0.3) is 0 Å². The highest BCUT2D eigenvalue weighted by molar-refractivity contribution is 7.89. The number of rotatable bonds is 5. The van der Waals surface area contributed by atoms with Crippen molar-refractivity contribution in [3.8, 4) is 0 Å². The Morgan fingerprint density at radius 1 is 1.33 bits per heavy atom. The van der Waals surface area contributed by atoms with Gasteiger partial charge in [0.05, 0.1) is 10.5 Å². The monoisotopic (exact) mass is 320 g/mol. The van der Waals surface area contributed by atoms with Gasteiger partial charge < -0.3 is 4.90 Å². The van der Waals surface area contributed by atoms with E-state index in [1.165, 1.54) is 11.9 Å². The number of carbonyl (C=O) groups excluding carboxylic acids is 1. The molecule has 1 aromatic rings. The standard InChI is InChI=1S/C13H18F2N2O3S/c1-8(2)4-5-17(3)13(18)10-6-9(21(16,19)20)7-11(14)12(10)15/h6-8H,4-5H2,1-3H3,(H2,16,19,20). The number of nitrogens with two attached hydrogens (primary N) is 1. The second-order valence-corrected chi connectivity index (χ2v) is 6.78. The van der Waals surface area contributed by atoms with Crippen LogP contribution in [0.3, 0.4) is 0 Å². The maximum Gasteiger partial charge on any atom is 0.256 e. The molecular weight excluding hydrogens is 302 g/mol. The summed E-state index contributed by atoms with van der Waals surface area (Å²) < 4.78 is 49.6. The van der Waals surface area contributed by atoms with Crippen LogP contribution in [0.5, 0.6) is 0 Å². The van der Waals surface area contributed by atoms with Gasteiger partial charge in [0.2, 0.25) is 10.0 Å². The summed E-state index contributed by atoms with van der Waals surface area (Å²) in [5, 5.41) is 4.88. The molecule has 0 aliphatic rings. The summed E-state index contributed by atoms with van der Waals surface area (Å²) >= 11 is 0. The molecule has 0 unspecified atom stereocenters. The van der Waals surface area contributed by atoms with Gasteiger partial charge in [0.1, 0.15) is 0 Å². The van der Waals surface area contributed by atoms with E-state index in [4.69, 9.17) is 5.14 Å². The first kappa shape index (κ1) is 17.5. The zero-order valence-electron chi connectivity index (χ0n) is 12.1. The molecule has 1 amide bonds. The largest absolute Gasteiger partial charge is 0.342 e. The minimum Gasteiger partial charge on any atom is -0.342 e. The Balaban J connectivity index is 3.17. The summed E-state index contributed by atoms with van der Waals surface area (Å²) in [5.41, 5.74) is -0.648. The van der Waals surface area contributed by atoms with Crippen molar-refractivity contribution >= 4 is 15.9 Å². The molecule has 21 heavy (non-hydrogen) atoms. The number of primary sulfonamides is 1. The minimum absolute atomic E-state index is 0.331. The Morgan fingerprint density at radius 2 is 1.90 bits per heavy atom. The fourth-order valence-corrected chi connectivity index (χ4v) is 2.19. The normalized spacial score (nSPS) is 11.8. The first-order valence-corrected chi connectivity index (χ1v) is 7.86. The van der Waals surface area contributed by atoms with Gasteiger partial charge in [-0.1, -0.05) is 13.8 Å². The van der Waals surface area contributed by atoms with Crippen LogP contribution < -0.4 is 5.14 Å². The van der Waals surface area contributed by atoms with Crippen LogP contribution >= 0.6 is 0 Å². The highest BCUT2D eigenvalue weighted by Crippen LogP contribution is 2.19. The molecule has 1 aromatic carbocycles. The molecule has 8 heteroatoms. The van der Waals surface area contributed by atoms with Crippen molar-refractivity contribution in [2.24, 2.45) is 11.1 Å². The maximum absolute atomic E-state index is 13.7. The highest BCUT2D eigenvalue weighted by Gasteiger charge is 2.23. The van der Waals surface area contributed by atoms with Crippen molar-refractivity contribution in [3.63, 3.8) is 0 Å². The molecule has 5 nitrogen and oxygen atoms in total. The molecule has 0 fully saturated rings. The summed E-state index contributed by atoms with van der Waals surface area (Å²) in [6, 6.07) is 1.21. The number of nitrogens with zero attached hydrogens (tertiary/aromatic N) is 1. The first-order chi connectivity index (χ1) is 9.54. The topological polar surface area (TPSA) is 80.5 Å². The number of sulfonamides is 1. The number of hydrogen-bond acceptors (Lipinski definition) is 3. The lowest BCUT2D eigenvalue weighted by Crippen LogP contribution is -2.30. The van der Waals surface area contributed by atoms with E-state index in [2.05, 4.69) is 0 Å². The Morgan fingerprint density at radius 3 is 2.38 bits per heavy atom. The van der Waals surface area contributed by atoms with Crippen molar-refractivity contribution in [1.29, 1.82) is 0 Å². The van der Waals surface area contributed by atoms with Gasteiger partial charge in [0.25, 0.3) is 5.91 Å². The van der Waals surface area contributed by atoms with Gasteiger partial charge in [0, 0.05) is 13.6 Å². The summed E-state index contributed by atoms with van der Waals surface area (Å²) in [6.07, 6.45) is 0.682. The molecule has 0 aliphatic carbocycles. The minimum atomic E-state index is -4.23. The predicted octanol–water partition coefficient (Wildman–Crippen LogP) is 1.73. The van der Waals surface area contributed by atoms with Gasteiger partial charge in [-0.2, -0.15) is 0 Å². The van der Waals surface area contributed by atoms with Crippen LogP contribution in [-0.2, 0) is 10.0 Å². The van der Waals surface area contributed by atoms with Crippen LogP contribution in [0.4, 0.5) is 8.78 Å². The second kappa shape index (κ2) is 6.48. The molecule has 0 saturated heterocycles. The molecule has 0 atom stereocenters. The smallest absolute Gasteiger partial charge is 0.256 e. The van der Waals surface area contributed by atoms with E-state index in [-0.39, 0.29) is 0 Å². The highest BCUT2D eigenvalue weighted by atomic mass is 32.2. The van der Waals surface area contributed by atoms with E-state index in [1.807, 2.05) is 13.8 Å². The molecule has 118 valence electrons. The Labute approximate surface area is 122 Å². The van der Waals surface area contributed by atoms with E-state index in [0.29, 0.717) is 24.9 Å². The Kier molecular flexibility index (Phi) is 5.41. The van der Waals surface area contributed by atoms with Crippen LogP contribution in [0.1, 0.15) is 30.6 Å². The number of amides is 1. The van der Waals surface area contributed by atoms with Crippen molar-refractivity contribution < 1.29 is 22.0 Å². The lowest BCUT2D eigenvalue weighted by Gasteiger charge is -2.19. The Hall–Kier alpha value is -1.54. The van der Waals surface area contributed by atoms with Crippen LogP contribution in [0.15, 0.2) is 17.0 Å². The molecule has 2 N–H and O–H groups in total. The summed E-state index contributed by atoms with van der Waals surface area (Å²) in [7, 11) is -2.79. The van der Waals surface area contributed by atoms with Gasteiger partial charge in [-0.15, -0.1) is 0 Å². The van der Waals surface area contributed by atoms with E-state index < -0.39 is 38.0 Å². The van der Waals surface area contributed by atoms with E-state index in [0.717, 1.165) is 6.07 Å². The van der Waals surface area contributed by atoms with E-state index >= 15 is 0 Å². The molecule has 0 radical (unpaired) electrons. The van der Waals surface area contributed by atoms with Gasteiger partial charge in [-0.05, 0) is 24.5 Å². The molecule has 0 aromatic heterocycles. The van der Waals surface area contributed by atoms with E-state index in [9.17, 15) is 22.0 Å². The fraction of sp³-hybridized carbons (Fsp3) is 0.462. The molecule has 0 bridgehead atoms. The van der Waals surface area contributed by atoms with Crippen molar-refractivity contribution in [2.75, 3.05) is 13.6 Å². The summed E-state index contributed by atoms with van der Waals surface area (Å²) in [6.45, 7) is 4.26. The van der Waals surface area contributed by atoms with E-state index in [1.54, 1.807) is 0 Å². The zero-order valence-corrected chi connectivity index (χ0v) is 12.9. The van der Waals surface area contributed by atoms with Crippen molar-refractivity contribution in [3.05, 3.63) is 29.3 Å². The maximum atomic E-state index is 13.7. The molecule has 0 spiro atoms. The van der Waals surface area contributed by atoms with Crippen LogP contribution in [0, 0.1) is 17.6 Å². The number of carbonyl (C=O) groups is 1. The molecule has 1 rings (SSSR count). The Bertz CT molecular complexity index is 645. The third-order valence-corrected chi connectivity index (χ3v) is 3.84. The number of hydrogen-bond donors (Lipinski definition) is 1. The van der Waals surface area contributed by atoms with Gasteiger partial charge in [-0.3, -0.25) is 4.79 Å². The second-order valence-electron chi connectivity index (χ2n) is 5.22. The lowest BCUT2D eigenvalue weighted by atomic mass is 10.1. The molecular formula is C13H18F2N2O3S. The number of benzene rings is 1. The number of halogens is 2. The zero-order chi connectivity index (χ0) is 16.4. The third kappa shape index (κ3) is 4.47. The third-order valence-electron chi connectivity index (χ3n) is 2.95. The van der Waals surface area contributed by atoms with Gasteiger partial charge in [-0.25, -0.2) is 22.3 Å². The average molecular weight is 320 g/mol. The van der Waals surface area contributed by atoms with Crippen molar-refractivity contribution in [2.45, 2.75) is 25.2 Å². The lowest BCUT2D eigenvalue weighted by molar-refractivity contribution is 0.0783. The first-order valence-electron chi connectivity index (χ1n) is 6.31. The average Bonchev–Trinajstić information content (AvgIpc) is 2.36. The predicted molar refractivity (Wildman–Crippen MR) is 74.1 cm³/mol. The molecule has 0 saturated carbocycles. The molecule has 0 aliphatic heterocycles. The fourth-order valence-electron chi connectivity index (χ4n) is 1.64. The summed E-state index contributed by atoms with van der Waals surface area (Å²) in [5.74, 6) is -3.28. The SMILES string of the molecule is CC(C)CCN(C)C(=O)c1cc(S(N)(=O)=O)cc(F)c1F. The molecule has 0 heterocycles. The van der Waals surface area contributed by atoms with Gasteiger partial charge in [0.15, 0.2) is 11.6 Å².